The first-order valence-corrected chi connectivity index (χ1v) is 7.52. The molecule has 2 heteroatoms. The van der Waals surface area contributed by atoms with Crippen molar-refractivity contribution in [3.05, 3.63) is 35.6 Å². The van der Waals surface area contributed by atoms with Crippen LogP contribution in [0.1, 0.15) is 38.7 Å². The second kappa shape index (κ2) is 6.51. The Labute approximate surface area is 116 Å². The Morgan fingerprint density at radius 3 is 2.42 bits per heavy atom. The van der Waals surface area contributed by atoms with Crippen LogP contribution in [0.4, 0.5) is 4.39 Å². The summed E-state index contributed by atoms with van der Waals surface area (Å²) in [5.74, 6) is 2.29. The molecule has 1 saturated carbocycles. The summed E-state index contributed by atoms with van der Waals surface area (Å²) in [7, 11) is 2.05. The third-order valence-electron chi connectivity index (χ3n) is 4.95. The van der Waals surface area contributed by atoms with Crippen LogP contribution in [0.2, 0.25) is 0 Å². The minimum absolute atomic E-state index is 0.148. The first kappa shape index (κ1) is 14.5. The van der Waals surface area contributed by atoms with Crippen LogP contribution in [0.25, 0.3) is 0 Å². The van der Waals surface area contributed by atoms with Crippen LogP contribution in [0.3, 0.4) is 0 Å². The van der Waals surface area contributed by atoms with Gasteiger partial charge in [0.15, 0.2) is 0 Å². The first-order chi connectivity index (χ1) is 9.10. The van der Waals surface area contributed by atoms with E-state index in [0.29, 0.717) is 6.04 Å². The lowest BCUT2D eigenvalue weighted by Gasteiger charge is -2.36. The van der Waals surface area contributed by atoms with Gasteiger partial charge in [-0.2, -0.15) is 0 Å². The van der Waals surface area contributed by atoms with Crippen LogP contribution in [0.5, 0.6) is 0 Å². The average molecular weight is 263 g/mol. The van der Waals surface area contributed by atoms with E-state index in [9.17, 15) is 4.39 Å². The summed E-state index contributed by atoms with van der Waals surface area (Å²) < 4.78 is 12.9. The zero-order valence-corrected chi connectivity index (χ0v) is 12.3. The van der Waals surface area contributed by atoms with Gasteiger partial charge >= 0.3 is 0 Å². The molecular weight excluding hydrogens is 237 g/mol. The maximum Gasteiger partial charge on any atom is 0.123 e. The normalized spacial score (nSPS) is 29.2. The van der Waals surface area contributed by atoms with Gasteiger partial charge in [-0.1, -0.05) is 32.4 Å². The minimum atomic E-state index is -0.148. The molecule has 0 bridgehead atoms. The van der Waals surface area contributed by atoms with Gasteiger partial charge in [0, 0.05) is 6.04 Å². The molecule has 1 aromatic carbocycles. The maximum absolute atomic E-state index is 12.9. The largest absolute Gasteiger partial charge is 0.316 e. The van der Waals surface area contributed by atoms with Gasteiger partial charge in [0.2, 0.25) is 0 Å². The third-order valence-corrected chi connectivity index (χ3v) is 4.95. The van der Waals surface area contributed by atoms with E-state index in [1.54, 1.807) is 12.1 Å². The van der Waals surface area contributed by atoms with E-state index in [0.717, 1.165) is 24.2 Å². The van der Waals surface area contributed by atoms with E-state index in [1.807, 2.05) is 12.1 Å². The van der Waals surface area contributed by atoms with Crippen molar-refractivity contribution in [3.8, 4) is 0 Å². The van der Waals surface area contributed by atoms with Crippen molar-refractivity contribution in [1.29, 1.82) is 0 Å². The van der Waals surface area contributed by atoms with Crippen LogP contribution in [-0.4, -0.2) is 13.1 Å². The Hall–Kier alpha value is -0.890. The molecule has 1 fully saturated rings. The van der Waals surface area contributed by atoms with Gasteiger partial charge in [0.1, 0.15) is 5.82 Å². The highest BCUT2D eigenvalue weighted by Gasteiger charge is 2.29. The monoisotopic (exact) mass is 263 g/mol. The standard InChI is InChI=1S/C17H26FN/c1-12-4-7-15(10-13(12)2)17(19-3)11-14-5-8-16(18)9-6-14/h5-6,8-9,12-13,15,17,19H,4,7,10-11H2,1-3H3. The molecule has 1 aliphatic carbocycles. The second-order valence-corrected chi connectivity index (χ2v) is 6.25. The van der Waals surface area contributed by atoms with Crippen LogP contribution >= 0.6 is 0 Å². The molecule has 4 atom stereocenters. The van der Waals surface area contributed by atoms with Crippen LogP contribution in [-0.2, 0) is 6.42 Å². The SMILES string of the molecule is CNC(Cc1ccc(F)cc1)C1CCC(C)C(C)C1. The average Bonchev–Trinajstić information content (AvgIpc) is 2.41. The van der Waals surface area contributed by atoms with E-state index in [1.165, 1.54) is 24.8 Å². The van der Waals surface area contributed by atoms with Crippen molar-refractivity contribution in [1.82, 2.24) is 5.32 Å². The van der Waals surface area contributed by atoms with Gasteiger partial charge in [-0.15, -0.1) is 0 Å². The number of benzene rings is 1. The maximum atomic E-state index is 12.9. The van der Waals surface area contributed by atoms with Gasteiger partial charge in [-0.05, 0) is 61.8 Å². The Morgan fingerprint density at radius 2 is 1.84 bits per heavy atom. The number of hydrogen-bond acceptors (Lipinski definition) is 1. The zero-order valence-electron chi connectivity index (χ0n) is 12.3. The van der Waals surface area contributed by atoms with E-state index in [4.69, 9.17) is 0 Å². The molecule has 0 aromatic heterocycles. The summed E-state index contributed by atoms with van der Waals surface area (Å²) in [6.45, 7) is 4.75. The topological polar surface area (TPSA) is 12.0 Å². The predicted octanol–water partition coefficient (Wildman–Crippen LogP) is 4.03. The van der Waals surface area contributed by atoms with E-state index in [2.05, 4.69) is 26.2 Å². The van der Waals surface area contributed by atoms with E-state index < -0.39 is 0 Å². The van der Waals surface area contributed by atoms with Crippen LogP contribution in [0.15, 0.2) is 24.3 Å². The zero-order chi connectivity index (χ0) is 13.8. The molecule has 0 spiro atoms. The fraction of sp³-hybridized carbons (Fsp3) is 0.647. The number of halogens is 1. The number of likely N-dealkylation sites (N-methyl/N-ethyl adjacent to an activating group) is 1. The van der Waals surface area contributed by atoms with Crippen molar-refractivity contribution in [2.75, 3.05) is 7.05 Å². The lowest BCUT2D eigenvalue weighted by molar-refractivity contribution is 0.173. The van der Waals surface area contributed by atoms with Gasteiger partial charge in [0.25, 0.3) is 0 Å². The number of rotatable bonds is 4. The molecule has 1 nitrogen and oxygen atoms in total. The van der Waals surface area contributed by atoms with Gasteiger partial charge < -0.3 is 5.32 Å². The smallest absolute Gasteiger partial charge is 0.123 e. The lowest BCUT2D eigenvalue weighted by atomic mass is 9.72. The summed E-state index contributed by atoms with van der Waals surface area (Å²) in [6, 6.07) is 7.46. The van der Waals surface area contributed by atoms with Gasteiger partial charge in [-0.25, -0.2) is 4.39 Å². The second-order valence-electron chi connectivity index (χ2n) is 6.25. The summed E-state index contributed by atoms with van der Waals surface area (Å²) in [4.78, 5) is 0. The molecule has 0 heterocycles. The Morgan fingerprint density at radius 1 is 1.16 bits per heavy atom. The summed E-state index contributed by atoms with van der Waals surface area (Å²) >= 11 is 0. The molecule has 0 aliphatic heterocycles. The third kappa shape index (κ3) is 3.79. The number of nitrogens with one attached hydrogen (secondary N) is 1. The van der Waals surface area contributed by atoms with Crippen LogP contribution < -0.4 is 5.32 Å². The quantitative estimate of drug-likeness (QED) is 0.865. The fourth-order valence-corrected chi connectivity index (χ4v) is 3.33. The summed E-state index contributed by atoms with van der Waals surface area (Å²) in [5.41, 5.74) is 1.23. The van der Waals surface area contributed by atoms with Crippen molar-refractivity contribution < 1.29 is 4.39 Å². The molecule has 1 aliphatic rings. The van der Waals surface area contributed by atoms with E-state index in [-0.39, 0.29) is 5.82 Å². The predicted molar refractivity (Wildman–Crippen MR) is 78.6 cm³/mol. The fourth-order valence-electron chi connectivity index (χ4n) is 3.33. The molecule has 19 heavy (non-hydrogen) atoms. The highest BCUT2D eigenvalue weighted by atomic mass is 19.1. The highest BCUT2D eigenvalue weighted by molar-refractivity contribution is 5.17. The van der Waals surface area contributed by atoms with E-state index >= 15 is 0 Å². The molecule has 2 rings (SSSR count). The lowest BCUT2D eigenvalue weighted by Crippen LogP contribution is -2.39. The Balaban J connectivity index is 1.98. The molecule has 1 aromatic rings. The molecule has 4 unspecified atom stereocenters. The van der Waals surface area contributed by atoms with Gasteiger partial charge in [0.05, 0.1) is 0 Å². The molecule has 0 amide bonds. The summed E-state index contributed by atoms with van der Waals surface area (Å²) in [6.07, 6.45) is 4.97. The first-order valence-electron chi connectivity index (χ1n) is 7.52. The Kier molecular flexibility index (Phi) is 4.98. The van der Waals surface area contributed by atoms with Gasteiger partial charge in [-0.3, -0.25) is 0 Å². The minimum Gasteiger partial charge on any atom is -0.316 e. The summed E-state index contributed by atoms with van der Waals surface area (Å²) in [5, 5.41) is 3.48. The Bertz CT molecular complexity index is 387. The van der Waals surface area contributed by atoms with Crippen LogP contribution in [0, 0.1) is 23.6 Å². The molecule has 0 radical (unpaired) electrons. The van der Waals surface area contributed by atoms with Crippen molar-refractivity contribution in [3.63, 3.8) is 0 Å². The highest BCUT2D eigenvalue weighted by Crippen LogP contribution is 2.35. The van der Waals surface area contributed by atoms with Crippen molar-refractivity contribution >= 4 is 0 Å². The molecule has 0 saturated heterocycles. The number of hydrogen-bond donors (Lipinski definition) is 1. The molecular formula is C17H26FN. The van der Waals surface area contributed by atoms with Crippen molar-refractivity contribution in [2.45, 2.75) is 45.6 Å². The molecule has 106 valence electrons. The van der Waals surface area contributed by atoms with Crippen molar-refractivity contribution in [2.24, 2.45) is 17.8 Å². The molecule has 1 N–H and O–H groups in total.